The van der Waals surface area contributed by atoms with Crippen LogP contribution >= 0.6 is 0 Å². The molecule has 1 aliphatic heterocycles. The van der Waals surface area contributed by atoms with E-state index in [4.69, 9.17) is 10.3 Å². The fraction of sp³-hybridized carbons (Fsp3) is 0.667. The van der Waals surface area contributed by atoms with E-state index in [1.165, 1.54) is 0 Å². The van der Waals surface area contributed by atoms with Crippen LogP contribution in [-0.4, -0.2) is 65.5 Å². The summed E-state index contributed by atoms with van der Waals surface area (Å²) in [4.78, 5) is 27.9. The standard InChI is InChI=1S/C15H25N5O3/c1-11(16)3-4-15(22)20-7-5-19(6-8-20)10-14(21)17-13-9-12(2)23-18-13/h9,11H,3-8,10,16H2,1-2H3,(H,17,18,21). The van der Waals surface area contributed by atoms with E-state index < -0.39 is 0 Å². The summed E-state index contributed by atoms with van der Waals surface area (Å²) in [6.07, 6.45) is 1.20. The number of anilines is 1. The second-order valence-electron chi connectivity index (χ2n) is 6.04. The minimum absolute atomic E-state index is 0.0455. The maximum Gasteiger partial charge on any atom is 0.239 e. The van der Waals surface area contributed by atoms with Crippen molar-refractivity contribution in [2.24, 2.45) is 5.73 Å². The third kappa shape index (κ3) is 5.65. The molecule has 1 atom stereocenters. The molecule has 0 spiro atoms. The zero-order valence-electron chi connectivity index (χ0n) is 13.7. The number of nitrogens with two attached hydrogens (primary N) is 1. The van der Waals surface area contributed by atoms with Gasteiger partial charge in [-0.2, -0.15) is 0 Å². The molecule has 8 heteroatoms. The molecule has 1 aliphatic rings. The molecular formula is C15H25N5O3. The SMILES string of the molecule is Cc1cc(NC(=O)CN2CCN(C(=O)CCC(C)N)CC2)no1. The van der Waals surface area contributed by atoms with Crippen LogP contribution in [0.25, 0.3) is 0 Å². The number of hydrogen-bond donors (Lipinski definition) is 2. The van der Waals surface area contributed by atoms with Gasteiger partial charge in [-0.3, -0.25) is 14.5 Å². The van der Waals surface area contributed by atoms with Crippen molar-refractivity contribution in [2.45, 2.75) is 32.7 Å². The fourth-order valence-electron chi connectivity index (χ4n) is 2.48. The van der Waals surface area contributed by atoms with Gasteiger partial charge >= 0.3 is 0 Å². The Bertz CT molecular complexity index is 535. The van der Waals surface area contributed by atoms with E-state index >= 15 is 0 Å². The number of amides is 2. The Balaban J connectivity index is 1.69. The Morgan fingerprint density at radius 2 is 2.09 bits per heavy atom. The summed E-state index contributed by atoms with van der Waals surface area (Å²) in [6, 6.07) is 1.72. The van der Waals surface area contributed by atoms with Crippen molar-refractivity contribution in [1.82, 2.24) is 15.0 Å². The Hall–Kier alpha value is -1.93. The van der Waals surface area contributed by atoms with Crippen LogP contribution in [-0.2, 0) is 9.59 Å². The molecule has 1 saturated heterocycles. The predicted molar refractivity (Wildman–Crippen MR) is 85.8 cm³/mol. The number of aromatic nitrogens is 1. The first-order valence-corrected chi connectivity index (χ1v) is 7.93. The lowest BCUT2D eigenvalue weighted by Crippen LogP contribution is -2.50. The topological polar surface area (TPSA) is 105 Å². The normalized spacial score (nSPS) is 17.1. The van der Waals surface area contributed by atoms with Gasteiger partial charge in [-0.05, 0) is 20.3 Å². The van der Waals surface area contributed by atoms with Crippen LogP contribution in [0.3, 0.4) is 0 Å². The smallest absolute Gasteiger partial charge is 0.239 e. The van der Waals surface area contributed by atoms with Gasteiger partial charge in [-0.25, -0.2) is 0 Å². The van der Waals surface area contributed by atoms with E-state index in [0.29, 0.717) is 50.6 Å². The number of aryl methyl sites for hydroxylation is 1. The van der Waals surface area contributed by atoms with E-state index in [1.807, 2.05) is 16.7 Å². The summed E-state index contributed by atoms with van der Waals surface area (Å²) < 4.78 is 4.90. The summed E-state index contributed by atoms with van der Waals surface area (Å²) in [5, 5.41) is 6.43. The Morgan fingerprint density at radius 3 is 2.65 bits per heavy atom. The van der Waals surface area contributed by atoms with Crippen LogP contribution in [0.15, 0.2) is 10.6 Å². The van der Waals surface area contributed by atoms with Crippen LogP contribution in [0.4, 0.5) is 5.82 Å². The van der Waals surface area contributed by atoms with Gasteiger partial charge in [0, 0.05) is 44.7 Å². The van der Waals surface area contributed by atoms with Crippen LogP contribution in [0, 0.1) is 6.92 Å². The summed E-state index contributed by atoms with van der Waals surface area (Å²) >= 11 is 0. The molecule has 128 valence electrons. The van der Waals surface area contributed by atoms with Crippen LogP contribution in [0.5, 0.6) is 0 Å². The average Bonchev–Trinajstić information content (AvgIpc) is 2.90. The maximum atomic E-state index is 12.0. The number of carbonyl (C=O) groups excluding carboxylic acids is 2. The quantitative estimate of drug-likeness (QED) is 0.774. The van der Waals surface area contributed by atoms with Gasteiger partial charge in [0.05, 0.1) is 6.54 Å². The van der Waals surface area contributed by atoms with Crippen molar-refractivity contribution in [1.29, 1.82) is 0 Å². The van der Waals surface area contributed by atoms with Gasteiger partial charge in [0.15, 0.2) is 5.82 Å². The Kier molecular flexibility index (Phi) is 6.12. The number of carbonyl (C=O) groups is 2. The molecule has 0 bridgehead atoms. The van der Waals surface area contributed by atoms with Gasteiger partial charge in [-0.1, -0.05) is 5.16 Å². The molecule has 8 nitrogen and oxygen atoms in total. The van der Waals surface area contributed by atoms with Crippen LogP contribution in [0.1, 0.15) is 25.5 Å². The monoisotopic (exact) mass is 323 g/mol. The number of rotatable bonds is 6. The van der Waals surface area contributed by atoms with Crippen molar-refractivity contribution in [3.8, 4) is 0 Å². The second kappa shape index (κ2) is 8.07. The average molecular weight is 323 g/mol. The van der Waals surface area contributed by atoms with Crippen molar-refractivity contribution in [3.63, 3.8) is 0 Å². The molecule has 3 N–H and O–H groups in total. The highest BCUT2D eigenvalue weighted by molar-refractivity contribution is 5.91. The number of nitrogens with zero attached hydrogens (tertiary/aromatic N) is 3. The molecule has 0 radical (unpaired) electrons. The fourth-order valence-corrected chi connectivity index (χ4v) is 2.48. The highest BCUT2D eigenvalue weighted by atomic mass is 16.5. The van der Waals surface area contributed by atoms with E-state index in [2.05, 4.69) is 10.5 Å². The molecule has 1 fully saturated rings. The Morgan fingerprint density at radius 1 is 1.39 bits per heavy atom. The molecule has 0 saturated carbocycles. The first-order chi connectivity index (χ1) is 10.9. The maximum absolute atomic E-state index is 12.0. The molecule has 0 aliphatic carbocycles. The minimum atomic E-state index is -0.130. The molecule has 1 unspecified atom stereocenters. The molecule has 1 aromatic heterocycles. The summed E-state index contributed by atoms with van der Waals surface area (Å²) in [6.45, 7) is 6.63. The molecular weight excluding hydrogens is 298 g/mol. The molecule has 1 aromatic rings. The largest absolute Gasteiger partial charge is 0.360 e. The van der Waals surface area contributed by atoms with Crippen molar-refractivity contribution >= 4 is 17.6 Å². The van der Waals surface area contributed by atoms with Crippen molar-refractivity contribution < 1.29 is 14.1 Å². The van der Waals surface area contributed by atoms with E-state index in [-0.39, 0.29) is 24.4 Å². The van der Waals surface area contributed by atoms with Gasteiger partial charge in [0.25, 0.3) is 0 Å². The minimum Gasteiger partial charge on any atom is -0.360 e. The second-order valence-corrected chi connectivity index (χ2v) is 6.04. The molecule has 2 heterocycles. The first-order valence-electron chi connectivity index (χ1n) is 7.93. The summed E-state index contributed by atoms with van der Waals surface area (Å²) in [5.74, 6) is 1.09. The number of piperazine rings is 1. The molecule has 0 aromatic carbocycles. The highest BCUT2D eigenvalue weighted by Gasteiger charge is 2.22. The first kappa shape index (κ1) is 17.4. The number of hydrogen-bond acceptors (Lipinski definition) is 6. The zero-order chi connectivity index (χ0) is 16.8. The lowest BCUT2D eigenvalue weighted by molar-refractivity contribution is -0.133. The predicted octanol–water partition coefficient (Wildman–Crippen LogP) is 0.193. The Labute approximate surface area is 136 Å². The van der Waals surface area contributed by atoms with Gasteiger partial charge in [0.1, 0.15) is 5.76 Å². The van der Waals surface area contributed by atoms with Crippen LogP contribution in [0.2, 0.25) is 0 Å². The molecule has 23 heavy (non-hydrogen) atoms. The van der Waals surface area contributed by atoms with Gasteiger partial charge < -0.3 is 20.5 Å². The van der Waals surface area contributed by atoms with Crippen molar-refractivity contribution in [2.75, 3.05) is 38.0 Å². The lowest BCUT2D eigenvalue weighted by Gasteiger charge is -2.34. The molecule has 2 amide bonds. The summed E-state index contributed by atoms with van der Waals surface area (Å²) in [5.41, 5.74) is 5.68. The zero-order valence-corrected chi connectivity index (χ0v) is 13.7. The number of nitrogens with one attached hydrogen (secondary N) is 1. The lowest BCUT2D eigenvalue weighted by atomic mass is 10.1. The van der Waals surface area contributed by atoms with Gasteiger partial charge in [-0.15, -0.1) is 0 Å². The van der Waals surface area contributed by atoms with Crippen LogP contribution < -0.4 is 11.1 Å². The van der Waals surface area contributed by atoms with E-state index in [9.17, 15) is 9.59 Å². The van der Waals surface area contributed by atoms with Crippen molar-refractivity contribution in [3.05, 3.63) is 11.8 Å². The highest BCUT2D eigenvalue weighted by Crippen LogP contribution is 2.09. The van der Waals surface area contributed by atoms with E-state index in [1.54, 1.807) is 13.0 Å². The van der Waals surface area contributed by atoms with E-state index in [0.717, 1.165) is 0 Å². The third-order valence-electron chi connectivity index (χ3n) is 3.80. The molecule has 2 rings (SSSR count). The third-order valence-corrected chi connectivity index (χ3v) is 3.80. The summed E-state index contributed by atoms with van der Waals surface area (Å²) in [7, 11) is 0. The van der Waals surface area contributed by atoms with Gasteiger partial charge in [0.2, 0.25) is 11.8 Å².